The lowest BCUT2D eigenvalue weighted by molar-refractivity contribution is 0.146. The first-order valence-corrected chi connectivity index (χ1v) is 3.91. The zero-order chi connectivity index (χ0) is 5.66. The molecular weight excluding hydrogens is 122 g/mol. The zero-order valence-electron chi connectivity index (χ0n) is 4.85. The summed E-state index contributed by atoms with van der Waals surface area (Å²) in [6.45, 7) is 2.91. The number of hydrogen-bond acceptors (Lipinski definition) is 3. The van der Waals surface area contributed by atoms with E-state index in [9.17, 15) is 0 Å². The third-order valence-electron chi connectivity index (χ3n) is 0.999. The fourth-order valence-corrected chi connectivity index (χ4v) is 1.23. The van der Waals surface area contributed by atoms with Crippen molar-refractivity contribution in [2.45, 2.75) is 6.42 Å². The molecule has 1 aliphatic rings. The second-order valence-corrected chi connectivity index (χ2v) is 2.69. The van der Waals surface area contributed by atoms with E-state index in [1.165, 1.54) is 0 Å². The van der Waals surface area contributed by atoms with Gasteiger partial charge in [0.2, 0.25) is 0 Å². The first-order valence-electron chi connectivity index (χ1n) is 2.92. The van der Waals surface area contributed by atoms with Crippen LogP contribution in [0.5, 0.6) is 0 Å². The highest BCUT2D eigenvalue weighted by molar-refractivity contribution is 7.97. The van der Waals surface area contributed by atoms with Gasteiger partial charge in [0.25, 0.3) is 0 Å². The van der Waals surface area contributed by atoms with E-state index in [1.54, 1.807) is 11.9 Å². The number of hydrogen-bond donors (Lipinski definition) is 1. The van der Waals surface area contributed by atoms with Gasteiger partial charge in [-0.05, 0) is 6.42 Å². The van der Waals surface area contributed by atoms with E-state index >= 15 is 0 Å². The Hall–Kier alpha value is 0.270. The number of rotatable bonds is 0. The SMILES string of the molecule is C1CNSCCOC1. The molecule has 0 aromatic carbocycles. The molecule has 1 fully saturated rings. The fraction of sp³-hybridized carbons (Fsp3) is 1.00. The average molecular weight is 133 g/mol. The van der Waals surface area contributed by atoms with Crippen molar-refractivity contribution < 1.29 is 4.74 Å². The summed E-state index contributed by atoms with van der Waals surface area (Å²) < 4.78 is 8.44. The minimum absolute atomic E-state index is 0.900. The molecule has 2 nitrogen and oxygen atoms in total. The van der Waals surface area contributed by atoms with Gasteiger partial charge in [-0.2, -0.15) is 0 Å². The molecule has 0 unspecified atom stereocenters. The Kier molecular flexibility index (Phi) is 3.34. The highest BCUT2D eigenvalue weighted by atomic mass is 32.2. The Labute approximate surface area is 54.1 Å². The van der Waals surface area contributed by atoms with Gasteiger partial charge in [-0.25, -0.2) is 0 Å². The van der Waals surface area contributed by atoms with Crippen LogP contribution in [0.4, 0.5) is 0 Å². The van der Waals surface area contributed by atoms with E-state index in [1.807, 2.05) is 0 Å². The van der Waals surface area contributed by atoms with Crippen LogP contribution in [0, 0.1) is 0 Å². The molecular formula is C5H11NOS. The van der Waals surface area contributed by atoms with Crippen LogP contribution in [-0.4, -0.2) is 25.5 Å². The van der Waals surface area contributed by atoms with Crippen LogP contribution in [0.3, 0.4) is 0 Å². The summed E-state index contributed by atoms with van der Waals surface area (Å²) in [5, 5.41) is 0. The van der Waals surface area contributed by atoms with E-state index in [-0.39, 0.29) is 0 Å². The van der Waals surface area contributed by atoms with Gasteiger partial charge in [-0.15, -0.1) is 0 Å². The third kappa shape index (κ3) is 2.55. The molecule has 0 bridgehead atoms. The quantitative estimate of drug-likeness (QED) is 0.490. The fourth-order valence-electron chi connectivity index (χ4n) is 0.593. The van der Waals surface area contributed by atoms with E-state index in [0.717, 1.165) is 31.9 Å². The normalized spacial score (nSPS) is 24.0. The van der Waals surface area contributed by atoms with Gasteiger partial charge < -0.3 is 4.74 Å². The first kappa shape index (κ1) is 6.39. The molecule has 0 spiro atoms. The minimum atomic E-state index is 0.900. The highest BCUT2D eigenvalue weighted by Crippen LogP contribution is 1.97. The van der Waals surface area contributed by atoms with Gasteiger partial charge in [-0.3, -0.25) is 4.72 Å². The lowest BCUT2D eigenvalue weighted by atomic mass is 10.5. The maximum atomic E-state index is 5.21. The summed E-state index contributed by atoms with van der Waals surface area (Å²) in [7, 11) is 0. The molecule has 3 heteroatoms. The summed E-state index contributed by atoms with van der Waals surface area (Å²) in [6, 6.07) is 0. The molecule has 48 valence electrons. The van der Waals surface area contributed by atoms with Crippen molar-refractivity contribution in [2.24, 2.45) is 0 Å². The second-order valence-electron chi connectivity index (χ2n) is 1.71. The molecule has 1 N–H and O–H groups in total. The number of ether oxygens (including phenoxy) is 1. The average Bonchev–Trinajstić information content (AvgIpc) is 1.62. The standard InChI is InChI=1S/C5H11NOS/c1-2-6-8-5-4-7-3-1/h6H,1-5H2. The zero-order valence-corrected chi connectivity index (χ0v) is 5.67. The van der Waals surface area contributed by atoms with Crippen molar-refractivity contribution >= 4 is 11.9 Å². The molecule has 0 aromatic heterocycles. The van der Waals surface area contributed by atoms with Gasteiger partial charge in [0.1, 0.15) is 0 Å². The van der Waals surface area contributed by atoms with Crippen molar-refractivity contribution in [2.75, 3.05) is 25.5 Å². The largest absolute Gasteiger partial charge is 0.380 e. The van der Waals surface area contributed by atoms with Crippen LogP contribution in [0.25, 0.3) is 0 Å². The van der Waals surface area contributed by atoms with E-state index in [0.29, 0.717) is 0 Å². The lowest BCUT2D eigenvalue weighted by Crippen LogP contribution is -2.15. The Balaban J connectivity index is 2.00. The maximum absolute atomic E-state index is 5.21. The smallest absolute Gasteiger partial charge is 0.0569 e. The molecule has 1 saturated heterocycles. The lowest BCUT2D eigenvalue weighted by Gasteiger charge is -2.08. The van der Waals surface area contributed by atoms with Crippen LogP contribution in [-0.2, 0) is 4.74 Å². The third-order valence-corrected chi connectivity index (χ3v) is 1.78. The first-order chi connectivity index (χ1) is 4.00. The summed E-state index contributed by atoms with van der Waals surface area (Å²) in [5.74, 6) is 1.08. The Bertz CT molecular complexity index is 36.4. The Morgan fingerprint density at radius 3 is 3.38 bits per heavy atom. The van der Waals surface area contributed by atoms with Gasteiger partial charge >= 0.3 is 0 Å². The molecule has 0 amide bonds. The van der Waals surface area contributed by atoms with Crippen molar-refractivity contribution in [1.82, 2.24) is 4.72 Å². The molecule has 0 aromatic rings. The van der Waals surface area contributed by atoms with Gasteiger partial charge in [0.05, 0.1) is 6.61 Å². The van der Waals surface area contributed by atoms with Crippen molar-refractivity contribution in [3.8, 4) is 0 Å². The molecule has 0 saturated carbocycles. The summed E-state index contributed by atoms with van der Waals surface area (Å²) in [4.78, 5) is 0. The van der Waals surface area contributed by atoms with Crippen LogP contribution in [0.2, 0.25) is 0 Å². The summed E-state index contributed by atoms with van der Waals surface area (Å²) in [5.41, 5.74) is 0. The maximum Gasteiger partial charge on any atom is 0.0569 e. The molecule has 1 heterocycles. The van der Waals surface area contributed by atoms with E-state index in [4.69, 9.17) is 4.74 Å². The van der Waals surface area contributed by atoms with Crippen molar-refractivity contribution in [3.05, 3.63) is 0 Å². The van der Waals surface area contributed by atoms with Gasteiger partial charge in [-0.1, -0.05) is 11.9 Å². The predicted octanol–water partition coefficient (Wildman–Crippen LogP) is 0.644. The Morgan fingerprint density at radius 2 is 2.38 bits per heavy atom. The van der Waals surface area contributed by atoms with Crippen LogP contribution < -0.4 is 4.72 Å². The van der Waals surface area contributed by atoms with Crippen LogP contribution in [0.15, 0.2) is 0 Å². The monoisotopic (exact) mass is 133 g/mol. The van der Waals surface area contributed by atoms with Crippen LogP contribution in [0.1, 0.15) is 6.42 Å². The van der Waals surface area contributed by atoms with E-state index < -0.39 is 0 Å². The topological polar surface area (TPSA) is 21.3 Å². The highest BCUT2D eigenvalue weighted by Gasteiger charge is 1.94. The second kappa shape index (κ2) is 4.18. The number of nitrogens with one attached hydrogen (secondary N) is 1. The predicted molar refractivity (Wildman–Crippen MR) is 35.9 cm³/mol. The molecule has 1 rings (SSSR count). The minimum Gasteiger partial charge on any atom is -0.380 e. The molecule has 1 aliphatic heterocycles. The Morgan fingerprint density at radius 1 is 1.38 bits per heavy atom. The summed E-state index contributed by atoms with van der Waals surface area (Å²) >= 11 is 1.75. The molecule has 0 aliphatic carbocycles. The molecule has 8 heavy (non-hydrogen) atoms. The van der Waals surface area contributed by atoms with Gasteiger partial charge in [0, 0.05) is 18.9 Å². The van der Waals surface area contributed by atoms with Crippen molar-refractivity contribution in [3.63, 3.8) is 0 Å². The van der Waals surface area contributed by atoms with Crippen LogP contribution >= 0.6 is 11.9 Å². The molecule has 0 atom stereocenters. The summed E-state index contributed by atoms with van der Waals surface area (Å²) in [6.07, 6.45) is 1.15. The van der Waals surface area contributed by atoms with Crippen molar-refractivity contribution in [1.29, 1.82) is 0 Å². The van der Waals surface area contributed by atoms with Gasteiger partial charge in [0.15, 0.2) is 0 Å². The molecule has 0 radical (unpaired) electrons. The van der Waals surface area contributed by atoms with E-state index in [2.05, 4.69) is 4.72 Å².